The fraction of sp³-hybridized carbons (Fsp3) is 0.727. The Morgan fingerprint density at radius 3 is 2.33 bits per heavy atom. The van der Waals surface area contributed by atoms with E-state index < -0.39 is 17.1 Å². The molecule has 0 aromatic carbocycles. The molecule has 0 spiro atoms. The Hall–Kier alpha value is -1.06. The summed E-state index contributed by atoms with van der Waals surface area (Å²) in [6.07, 6.45) is -0.457. The number of hydrogen-bond acceptors (Lipinski definition) is 3. The van der Waals surface area contributed by atoms with Gasteiger partial charge in [0.25, 0.3) is 0 Å². The summed E-state index contributed by atoms with van der Waals surface area (Å²) < 4.78 is 5.17. The molecule has 1 aliphatic heterocycles. The Labute approximate surface area is 90.6 Å². The van der Waals surface area contributed by atoms with E-state index >= 15 is 0 Å². The van der Waals surface area contributed by atoms with Gasteiger partial charge in [0.2, 0.25) is 0 Å². The van der Waals surface area contributed by atoms with E-state index in [0.717, 1.165) is 0 Å². The van der Waals surface area contributed by atoms with Crippen LogP contribution in [0, 0.1) is 12.0 Å². The van der Waals surface area contributed by atoms with Crippen LogP contribution >= 0.6 is 0 Å². The summed E-state index contributed by atoms with van der Waals surface area (Å²) in [5.41, 5.74) is -1.09. The third-order valence-electron chi connectivity index (χ3n) is 2.14. The predicted octanol–water partition coefficient (Wildman–Crippen LogP) is 1.99. The predicted molar refractivity (Wildman–Crippen MR) is 56.0 cm³/mol. The van der Waals surface area contributed by atoms with Crippen LogP contribution in [0.1, 0.15) is 34.6 Å². The van der Waals surface area contributed by atoms with Crippen molar-refractivity contribution in [3.05, 3.63) is 6.54 Å². The highest BCUT2D eigenvalue weighted by Crippen LogP contribution is 2.30. The maximum absolute atomic E-state index is 11.6. The van der Waals surface area contributed by atoms with E-state index in [1.807, 2.05) is 0 Å². The van der Waals surface area contributed by atoms with E-state index in [4.69, 9.17) is 4.74 Å². The van der Waals surface area contributed by atoms with Crippen molar-refractivity contribution in [3.8, 4) is 0 Å². The number of carbonyl (C=O) groups is 2. The lowest BCUT2D eigenvalue weighted by atomic mass is 9.92. The van der Waals surface area contributed by atoms with Crippen molar-refractivity contribution in [2.45, 2.75) is 40.2 Å². The number of ether oxygens (including phenoxy) is 1. The molecule has 0 aromatic heterocycles. The van der Waals surface area contributed by atoms with Crippen LogP contribution in [0.3, 0.4) is 0 Å². The highest BCUT2D eigenvalue weighted by atomic mass is 16.6. The average molecular weight is 212 g/mol. The van der Waals surface area contributed by atoms with Gasteiger partial charge in [0, 0.05) is 5.41 Å². The molecule has 1 aliphatic rings. The molecule has 4 nitrogen and oxygen atoms in total. The Balaban J connectivity index is 2.62. The fourth-order valence-electron chi connectivity index (χ4n) is 1.30. The van der Waals surface area contributed by atoms with E-state index in [2.05, 4.69) is 0 Å². The van der Waals surface area contributed by atoms with Gasteiger partial charge in [-0.15, -0.1) is 0 Å². The van der Waals surface area contributed by atoms with Crippen molar-refractivity contribution in [1.29, 1.82) is 0 Å². The zero-order valence-corrected chi connectivity index (χ0v) is 9.96. The summed E-state index contributed by atoms with van der Waals surface area (Å²) in [7, 11) is 0. The van der Waals surface area contributed by atoms with Crippen LogP contribution in [-0.2, 0) is 9.53 Å². The molecular formula is C11H18NO3. The summed E-state index contributed by atoms with van der Waals surface area (Å²) in [5, 5.41) is 0. The lowest BCUT2D eigenvalue weighted by Crippen LogP contribution is -2.34. The molecule has 1 heterocycles. The Morgan fingerprint density at radius 1 is 1.47 bits per heavy atom. The Morgan fingerprint density at radius 2 is 2.00 bits per heavy atom. The summed E-state index contributed by atoms with van der Waals surface area (Å²) in [6.45, 7) is 10.7. The first-order valence-electron chi connectivity index (χ1n) is 5.01. The molecule has 0 saturated carbocycles. The Bertz CT molecular complexity index is 289. The van der Waals surface area contributed by atoms with Gasteiger partial charge in [-0.2, -0.15) is 0 Å². The van der Waals surface area contributed by atoms with E-state index in [-0.39, 0.29) is 12.3 Å². The van der Waals surface area contributed by atoms with Crippen LogP contribution in [0.2, 0.25) is 0 Å². The van der Waals surface area contributed by atoms with Gasteiger partial charge in [0.1, 0.15) is 5.60 Å². The first kappa shape index (κ1) is 12.0. The molecule has 4 heteroatoms. The minimum atomic E-state index is -0.559. The highest BCUT2D eigenvalue weighted by molar-refractivity contribution is 5.93. The normalized spacial score (nSPS) is 20.6. The summed E-state index contributed by atoms with van der Waals surface area (Å²) in [6, 6.07) is 0. The molecule has 0 bridgehead atoms. The van der Waals surface area contributed by atoms with Gasteiger partial charge in [-0.3, -0.25) is 9.69 Å². The largest absolute Gasteiger partial charge is 0.444 e. The maximum atomic E-state index is 11.6. The number of Topliss-reactive ketones (excluding diaryl/α,β-unsaturated/α-hetero) is 1. The van der Waals surface area contributed by atoms with Crippen molar-refractivity contribution in [3.63, 3.8) is 0 Å². The van der Waals surface area contributed by atoms with Gasteiger partial charge < -0.3 is 4.74 Å². The molecule has 0 atom stereocenters. The molecule has 0 unspecified atom stereocenters. The topological polar surface area (TPSA) is 46.6 Å². The van der Waals surface area contributed by atoms with Crippen LogP contribution in [-0.4, -0.2) is 28.9 Å². The number of ketones is 1. The lowest BCUT2D eigenvalue weighted by molar-refractivity contribution is -0.122. The molecule has 15 heavy (non-hydrogen) atoms. The number of rotatable bonds is 0. The second-order valence-electron chi connectivity index (χ2n) is 5.38. The number of carbonyl (C=O) groups excluding carboxylic acids is 2. The van der Waals surface area contributed by atoms with Crippen molar-refractivity contribution in [1.82, 2.24) is 4.90 Å². The smallest absolute Gasteiger partial charge is 0.411 e. The number of nitrogens with zero attached hydrogens (tertiary/aromatic N) is 1. The fourth-order valence-corrected chi connectivity index (χ4v) is 1.30. The van der Waals surface area contributed by atoms with Crippen molar-refractivity contribution in [2.24, 2.45) is 5.41 Å². The van der Waals surface area contributed by atoms with Gasteiger partial charge in [0.05, 0.1) is 13.1 Å². The minimum absolute atomic E-state index is 0.0355. The highest BCUT2D eigenvalue weighted by Gasteiger charge is 2.41. The first-order valence-corrected chi connectivity index (χ1v) is 5.01. The standard InChI is InChI=1S/C11H18NO3/c1-10(2,3)15-9(14)12-6-8(13)11(4,5)7-12/h7H,6H2,1-5H3. The van der Waals surface area contributed by atoms with Crippen molar-refractivity contribution >= 4 is 11.9 Å². The van der Waals surface area contributed by atoms with Crippen LogP contribution in [0.5, 0.6) is 0 Å². The quantitative estimate of drug-likeness (QED) is 0.617. The monoisotopic (exact) mass is 212 g/mol. The second-order valence-corrected chi connectivity index (χ2v) is 5.38. The van der Waals surface area contributed by atoms with Crippen molar-refractivity contribution < 1.29 is 14.3 Å². The van der Waals surface area contributed by atoms with E-state index in [1.165, 1.54) is 4.90 Å². The second kappa shape index (κ2) is 3.51. The maximum Gasteiger partial charge on any atom is 0.411 e. The lowest BCUT2D eigenvalue weighted by Gasteiger charge is -2.24. The summed E-state index contributed by atoms with van der Waals surface area (Å²) in [4.78, 5) is 24.5. The SMILES string of the molecule is CC(C)(C)OC(=O)N1[CH]C(C)(C)C(=O)C1. The third kappa shape index (κ3) is 2.94. The van der Waals surface area contributed by atoms with Crippen LogP contribution < -0.4 is 0 Å². The van der Waals surface area contributed by atoms with Gasteiger partial charge in [-0.25, -0.2) is 4.79 Å². The van der Waals surface area contributed by atoms with Gasteiger partial charge >= 0.3 is 6.09 Å². The van der Waals surface area contributed by atoms with Gasteiger partial charge in [-0.1, -0.05) is 13.8 Å². The summed E-state index contributed by atoms with van der Waals surface area (Å²) in [5.74, 6) is 0.0355. The number of hydrogen-bond donors (Lipinski definition) is 0. The molecule has 0 aromatic rings. The third-order valence-corrected chi connectivity index (χ3v) is 2.14. The molecule has 85 valence electrons. The van der Waals surface area contributed by atoms with Crippen molar-refractivity contribution in [2.75, 3.05) is 6.54 Å². The zero-order chi connectivity index (χ0) is 11.9. The molecule has 1 saturated heterocycles. The number of amides is 1. The van der Waals surface area contributed by atoms with Crippen LogP contribution in [0.4, 0.5) is 4.79 Å². The zero-order valence-electron chi connectivity index (χ0n) is 9.96. The molecule has 1 radical (unpaired) electrons. The van der Waals surface area contributed by atoms with Gasteiger partial charge in [-0.05, 0) is 20.8 Å². The van der Waals surface area contributed by atoms with E-state index in [0.29, 0.717) is 0 Å². The molecule has 1 rings (SSSR count). The van der Waals surface area contributed by atoms with Crippen LogP contribution in [0.15, 0.2) is 0 Å². The molecule has 1 fully saturated rings. The molecular weight excluding hydrogens is 194 g/mol. The number of likely N-dealkylation sites (tertiary alicyclic amines) is 1. The molecule has 0 N–H and O–H groups in total. The van der Waals surface area contributed by atoms with E-state index in [1.54, 1.807) is 41.2 Å². The average Bonchev–Trinajstić information content (AvgIpc) is 2.23. The first-order chi connectivity index (χ1) is 6.62. The molecule has 0 aliphatic carbocycles. The summed E-state index contributed by atoms with van der Waals surface area (Å²) >= 11 is 0. The van der Waals surface area contributed by atoms with E-state index in [9.17, 15) is 9.59 Å². The Kier molecular flexibility index (Phi) is 2.81. The van der Waals surface area contributed by atoms with Crippen LogP contribution in [0.25, 0.3) is 0 Å². The van der Waals surface area contributed by atoms with Gasteiger partial charge in [0.15, 0.2) is 5.78 Å². The minimum Gasteiger partial charge on any atom is -0.444 e. The molecule has 1 amide bonds.